The van der Waals surface area contributed by atoms with E-state index in [-0.39, 0.29) is 0 Å². The maximum absolute atomic E-state index is 3.59. The van der Waals surface area contributed by atoms with Crippen LogP contribution in [0, 0.1) is 5.92 Å². The van der Waals surface area contributed by atoms with Gasteiger partial charge in [-0.2, -0.15) is 0 Å². The van der Waals surface area contributed by atoms with Crippen molar-refractivity contribution in [2.24, 2.45) is 5.92 Å². The molecular weight excluding hydrogens is 300 g/mol. The van der Waals surface area contributed by atoms with Crippen LogP contribution in [0.3, 0.4) is 0 Å². The molecule has 1 aliphatic heterocycles. The lowest BCUT2D eigenvalue weighted by atomic mass is 10.0. The van der Waals surface area contributed by atoms with Gasteiger partial charge in [0.1, 0.15) is 0 Å². The SMILES string of the molecule is CCCC1CCN(c2ccc(Br)cc2CNCC)C1. The highest BCUT2D eigenvalue weighted by molar-refractivity contribution is 9.10. The van der Waals surface area contributed by atoms with Gasteiger partial charge in [0.25, 0.3) is 0 Å². The van der Waals surface area contributed by atoms with Crippen LogP contribution in [0.4, 0.5) is 5.69 Å². The van der Waals surface area contributed by atoms with Crippen LogP contribution in [0.1, 0.15) is 38.7 Å². The third kappa shape index (κ3) is 3.96. The number of benzene rings is 1. The molecule has 0 spiro atoms. The van der Waals surface area contributed by atoms with Crippen molar-refractivity contribution in [1.29, 1.82) is 0 Å². The van der Waals surface area contributed by atoms with Crippen LogP contribution in [0.5, 0.6) is 0 Å². The van der Waals surface area contributed by atoms with Crippen molar-refractivity contribution in [3.05, 3.63) is 28.2 Å². The summed E-state index contributed by atoms with van der Waals surface area (Å²) in [6, 6.07) is 6.69. The Bertz CT molecular complexity index is 406. The highest BCUT2D eigenvalue weighted by Crippen LogP contribution is 2.30. The van der Waals surface area contributed by atoms with Crippen molar-refractivity contribution >= 4 is 21.6 Å². The summed E-state index contributed by atoms with van der Waals surface area (Å²) in [7, 11) is 0. The smallest absolute Gasteiger partial charge is 0.0412 e. The van der Waals surface area contributed by atoms with Crippen molar-refractivity contribution in [1.82, 2.24) is 5.32 Å². The third-order valence-electron chi connectivity index (χ3n) is 3.93. The minimum atomic E-state index is 0.889. The van der Waals surface area contributed by atoms with Gasteiger partial charge in [0.2, 0.25) is 0 Å². The first kappa shape index (κ1) is 14.9. The standard InChI is InChI=1S/C16H25BrN2/c1-3-5-13-8-9-19(12-13)16-7-6-15(17)10-14(16)11-18-4-2/h6-7,10,13,18H,3-5,8-9,11-12H2,1-2H3. The van der Waals surface area contributed by atoms with Gasteiger partial charge in [-0.1, -0.05) is 36.2 Å². The Morgan fingerprint density at radius 2 is 2.21 bits per heavy atom. The van der Waals surface area contributed by atoms with Gasteiger partial charge in [0.05, 0.1) is 0 Å². The molecule has 19 heavy (non-hydrogen) atoms. The maximum Gasteiger partial charge on any atom is 0.0412 e. The first-order valence-electron chi connectivity index (χ1n) is 7.48. The molecule has 1 unspecified atom stereocenters. The number of nitrogens with one attached hydrogen (secondary N) is 1. The Kier molecular flexibility index (Phi) is 5.71. The van der Waals surface area contributed by atoms with E-state index >= 15 is 0 Å². The topological polar surface area (TPSA) is 15.3 Å². The second-order valence-electron chi connectivity index (χ2n) is 5.44. The molecule has 1 atom stereocenters. The summed E-state index contributed by atoms with van der Waals surface area (Å²) < 4.78 is 1.17. The first-order valence-corrected chi connectivity index (χ1v) is 8.28. The third-order valence-corrected chi connectivity index (χ3v) is 4.42. The van der Waals surface area contributed by atoms with Crippen molar-refractivity contribution in [2.75, 3.05) is 24.5 Å². The fraction of sp³-hybridized carbons (Fsp3) is 0.625. The zero-order chi connectivity index (χ0) is 13.7. The molecular formula is C16H25BrN2. The molecule has 1 heterocycles. The molecule has 1 aromatic carbocycles. The molecule has 0 amide bonds. The molecule has 2 rings (SSSR count). The highest BCUT2D eigenvalue weighted by atomic mass is 79.9. The average molecular weight is 325 g/mol. The van der Waals surface area contributed by atoms with E-state index in [2.05, 4.69) is 58.2 Å². The lowest BCUT2D eigenvalue weighted by Gasteiger charge is -2.22. The summed E-state index contributed by atoms with van der Waals surface area (Å²) >= 11 is 3.59. The van der Waals surface area contributed by atoms with E-state index in [0.717, 1.165) is 19.0 Å². The Morgan fingerprint density at radius 1 is 1.37 bits per heavy atom. The van der Waals surface area contributed by atoms with Gasteiger partial charge >= 0.3 is 0 Å². The lowest BCUT2D eigenvalue weighted by molar-refractivity contribution is 0.529. The van der Waals surface area contributed by atoms with Gasteiger partial charge in [-0.25, -0.2) is 0 Å². The molecule has 2 nitrogen and oxygen atoms in total. The van der Waals surface area contributed by atoms with E-state index < -0.39 is 0 Å². The Hall–Kier alpha value is -0.540. The molecule has 1 fully saturated rings. The zero-order valence-corrected chi connectivity index (χ0v) is 13.7. The van der Waals surface area contributed by atoms with Crippen molar-refractivity contribution in [3.63, 3.8) is 0 Å². The normalized spacial score (nSPS) is 19.1. The number of rotatable bonds is 6. The molecule has 1 N–H and O–H groups in total. The summed E-state index contributed by atoms with van der Waals surface area (Å²) in [4.78, 5) is 2.57. The van der Waals surface area contributed by atoms with Gasteiger partial charge in [0.15, 0.2) is 0 Å². The van der Waals surface area contributed by atoms with E-state index in [1.165, 1.54) is 48.1 Å². The molecule has 3 heteroatoms. The van der Waals surface area contributed by atoms with Gasteiger partial charge < -0.3 is 10.2 Å². The molecule has 0 aromatic heterocycles. The van der Waals surface area contributed by atoms with Gasteiger partial charge in [-0.05, 0) is 49.1 Å². The average Bonchev–Trinajstić information content (AvgIpc) is 2.85. The fourth-order valence-electron chi connectivity index (χ4n) is 2.96. The van der Waals surface area contributed by atoms with Gasteiger partial charge in [0, 0.05) is 29.8 Å². The van der Waals surface area contributed by atoms with E-state index in [1.807, 2.05) is 0 Å². The zero-order valence-electron chi connectivity index (χ0n) is 12.1. The molecule has 0 aliphatic carbocycles. The monoisotopic (exact) mass is 324 g/mol. The van der Waals surface area contributed by atoms with Crippen LogP contribution in [0.25, 0.3) is 0 Å². The highest BCUT2D eigenvalue weighted by Gasteiger charge is 2.23. The summed E-state index contributed by atoms with van der Waals surface area (Å²) in [6.07, 6.45) is 4.03. The minimum Gasteiger partial charge on any atom is -0.371 e. The number of hydrogen-bond donors (Lipinski definition) is 1. The fourth-order valence-corrected chi connectivity index (χ4v) is 3.37. The quantitative estimate of drug-likeness (QED) is 0.844. The van der Waals surface area contributed by atoms with E-state index in [0.29, 0.717) is 0 Å². The summed E-state index contributed by atoms with van der Waals surface area (Å²) in [5, 5.41) is 3.44. The number of halogens is 1. The van der Waals surface area contributed by atoms with Crippen LogP contribution in [0.2, 0.25) is 0 Å². The van der Waals surface area contributed by atoms with E-state index in [1.54, 1.807) is 0 Å². The minimum absolute atomic E-state index is 0.889. The Balaban J connectivity index is 2.10. The molecule has 0 saturated carbocycles. The number of nitrogens with zero attached hydrogens (tertiary/aromatic N) is 1. The first-order chi connectivity index (χ1) is 9.24. The second kappa shape index (κ2) is 7.30. The summed E-state index contributed by atoms with van der Waals surface area (Å²) in [6.45, 7) is 8.87. The number of anilines is 1. The second-order valence-corrected chi connectivity index (χ2v) is 6.36. The van der Waals surface area contributed by atoms with Crippen LogP contribution in [0.15, 0.2) is 22.7 Å². The Morgan fingerprint density at radius 3 is 2.95 bits per heavy atom. The van der Waals surface area contributed by atoms with Crippen molar-refractivity contribution in [3.8, 4) is 0 Å². The van der Waals surface area contributed by atoms with Gasteiger partial charge in [-0.15, -0.1) is 0 Å². The molecule has 0 bridgehead atoms. The van der Waals surface area contributed by atoms with Gasteiger partial charge in [-0.3, -0.25) is 0 Å². The lowest BCUT2D eigenvalue weighted by Crippen LogP contribution is -2.23. The van der Waals surface area contributed by atoms with Crippen LogP contribution in [-0.2, 0) is 6.54 Å². The van der Waals surface area contributed by atoms with E-state index in [9.17, 15) is 0 Å². The van der Waals surface area contributed by atoms with Crippen LogP contribution >= 0.6 is 15.9 Å². The number of hydrogen-bond acceptors (Lipinski definition) is 2. The maximum atomic E-state index is 3.59. The Labute approximate surface area is 125 Å². The predicted molar refractivity (Wildman–Crippen MR) is 86.8 cm³/mol. The molecule has 106 valence electrons. The molecule has 1 aromatic rings. The predicted octanol–water partition coefficient (Wildman–Crippen LogP) is 4.19. The molecule has 1 aliphatic rings. The van der Waals surface area contributed by atoms with Crippen LogP contribution < -0.4 is 10.2 Å². The summed E-state index contributed by atoms with van der Waals surface area (Å²) in [5.74, 6) is 0.889. The van der Waals surface area contributed by atoms with E-state index in [4.69, 9.17) is 0 Å². The van der Waals surface area contributed by atoms with Crippen molar-refractivity contribution < 1.29 is 0 Å². The molecule has 0 radical (unpaired) electrons. The molecule has 1 saturated heterocycles. The van der Waals surface area contributed by atoms with Crippen LogP contribution in [-0.4, -0.2) is 19.6 Å². The summed E-state index contributed by atoms with van der Waals surface area (Å²) in [5.41, 5.74) is 2.83. The largest absolute Gasteiger partial charge is 0.371 e. The van der Waals surface area contributed by atoms with Crippen molar-refractivity contribution in [2.45, 2.75) is 39.7 Å².